The lowest BCUT2D eigenvalue weighted by atomic mass is 10.0. The lowest BCUT2D eigenvalue weighted by molar-refractivity contribution is 0.0698. The van der Waals surface area contributed by atoms with E-state index in [0.29, 0.717) is 24.2 Å². The molecule has 7 nitrogen and oxygen atoms in total. The lowest BCUT2D eigenvalue weighted by Gasteiger charge is -2.32. The molecule has 1 saturated heterocycles. The van der Waals surface area contributed by atoms with Gasteiger partial charge >= 0.3 is 5.69 Å². The van der Waals surface area contributed by atoms with Crippen molar-refractivity contribution in [2.24, 2.45) is 0 Å². The molecule has 1 aliphatic heterocycles. The van der Waals surface area contributed by atoms with Gasteiger partial charge in [-0.2, -0.15) is 11.3 Å². The third kappa shape index (κ3) is 3.92. The van der Waals surface area contributed by atoms with Crippen molar-refractivity contribution in [2.75, 3.05) is 13.1 Å². The number of carbonyl (C=O) groups is 2. The van der Waals surface area contributed by atoms with Crippen molar-refractivity contribution >= 4 is 34.2 Å². The van der Waals surface area contributed by atoms with Gasteiger partial charge in [0.15, 0.2) is 0 Å². The highest BCUT2D eigenvalue weighted by Gasteiger charge is 2.26. The fourth-order valence-corrected chi connectivity index (χ4v) is 5.50. The number of amides is 2. The molecule has 0 bridgehead atoms. The second kappa shape index (κ2) is 8.34. The number of hydrogen-bond donors (Lipinski definition) is 2. The van der Waals surface area contributed by atoms with Crippen molar-refractivity contribution in [1.82, 2.24) is 19.8 Å². The standard InChI is InChI=1S/C23H26N4O3S/c28-21(16-9-12-31-14-16)24-17-7-10-26(11-8-17)22(29)15-5-6-20-19(13-15)25-23(30)27(20)18-3-1-2-4-18/h5-6,9,12-14,17-18H,1-4,7-8,10-11H2,(H,24,28)(H,25,30). The zero-order valence-corrected chi connectivity index (χ0v) is 18.1. The molecule has 0 unspecified atom stereocenters. The van der Waals surface area contributed by atoms with E-state index in [0.717, 1.165) is 49.6 Å². The molecule has 0 atom stereocenters. The summed E-state index contributed by atoms with van der Waals surface area (Å²) in [5.74, 6) is -0.0776. The number of aromatic nitrogens is 2. The quantitative estimate of drug-likeness (QED) is 0.653. The zero-order valence-electron chi connectivity index (χ0n) is 17.3. The second-order valence-corrected chi connectivity index (χ2v) is 9.30. The van der Waals surface area contributed by atoms with E-state index in [-0.39, 0.29) is 29.6 Å². The van der Waals surface area contributed by atoms with Crippen LogP contribution in [0.15, 0.2) is 39.8 Å². The fourth-order valence-electron chi connectivity index (χ4n) is 4.86. The SMILES string of the molecule is O=C(NC1CCN(C(=O)c2ccc3c(c2)[nH]c(=O)n3C2CCCC2)CC1)c1ccsc1. The van der Waals surface area contributed by atoms with Crippen LogP contribution in [0.1, 0.15) is 65.3 Å². The zero-order chi connectivity index (χ0) is 21.4. The van der Waals surface area contributed by atoms with Crippen molar-refractivity contribution < 1.29 is 9.59 Å². The van der Waals surface area contributed by atoms with Crippen LogP contribution in [-0.2, 0) is 0 Å². The second-order valence-electron chi connectivity index (χ2n) is 8.52. The molecular formula is C23H26N4O3S. The molecule has 3 aromatic rings. The average molecular weight is 439 g/mol. The van der Waals surface area contributed by atoms with Crippen LogP contribution < -0.4 is 11.0 Å². The van der Waals surface area contributed by atoms with Crippen molar-refractivity contribution in [3.63, 3.8) is 0 Å². The van der Waals surface area contributed by atoms with Gasteiger partial charge in [0.2, 0.25) is 0 Å². The molecule has 1 aliphatic carbocycles. The van der Waals surface area contributed by atoms with Gasteiger partial charge < -0.3 is 15.2 Å². The summed E-state index contributed by atoms with van der Waals surface area (Å²) in [6.45, 7) is 1.20. The molecule has 8 heteroatoms. The first kappa shape index (κ1) is 20.1. The van der Waals surface area contributed by atoms with Gasteiger partial charge in [0.05, 0.1) is 11.0 Å². The highest BCUT2D eigenvalue weighted by Crippen LogP contribution is 2.31. The Labute approximate surface area is 184 Å². The van der Waals surface area contributed by atoms with Gasteiger partial charge in [-0.15, -0.1) is 0 Å². The maximum atomic E-state index is 13.0. The van der Waals surface area contributed by atoms with E-state index in [4.69, 9.17) is 0 Å². The molecule has 2 aliphatic rings. The number of likely N-dealkylation sites (tertiary alicyclic amines) is 1. The third-order valence-corrected chi connectivity index (χ3v) is 7.24. The average Bonchev–Trinajstić information content (AvgIpc) is 3.53. The maximum absolute atomic E-state index is 13.0. The minimum Gasteiger partial charge on any atom is -0.349 e. The van der Waals surface area contributed by atoms with Crippen LogP contribution >= 0.6 is 11.3 Å². The van der Waals surface area contributed by atoms with Gasteiger partial charge in [-0.25, -0.2) is 4.79 Å². The maximum Gasteiger partial charge on any atom is 0.326 e. The molecule has 0 spiro atoms. The molecular weight excluding hydrogens is 412 g/mol. The molecule has 0 radical (unpaired) electrons. The summed E-state index contributed by atoms with van der Waals surface area (Å²) in [6.07, 6.45) is 5.85. The minimum absolute atomic E-state index is 0.0287. The van der Waals surface area contributed by atoms with Crippen molar-refractivity contribution in [2.45, 2.75) is 50.6 Å². The summed E-state index contributed by atoms with van der Waals surface area (Å²) in [6, 6.07) is 7.68. The van der Waals surface area contributed by atoms with E-state index in [9.17, 15) is 14.4 Å². The number of carbonyl (C=O) groups excluding carboxylic acids is 2. The van der Waals surface area contributed by atoms with Crippen LogP contribution in [0.2, 0.25) is 0 Å². The number of hydrogen-bond acceptors (Lipinski definition) is 4. The van der Waals surface area contributed by atoms with Crippen molar-refractivity contribution in [1.29, 1.82) is 0 Å². The fraction of sp³-hybridized carbons (Fsp3) is 0.435. The summed E-state index contributed by atoms with van der Waals surface area (Å²) in [7, 11) is 0. The summed E-state index contributed by atoms with van der Waals surface area (Å²) >= 11 is 1.50. The van der Waals surface area contributed by atoms with Gasteiger partial charge in [0, 0.05) is 41.7 Å². The molecule has 5 rings (SSSR count). The molecule has 31 heavy (non-hydrogen) atoms. The number of H-pyrrole nitrogens is 1. The molecule has 1 aromatic carbocycles. The Morgan fingerprint density at radius 2 is 1.81 bits per heavy atom. The Balaban J connectivity index is 1.25. The minimum atomic E-state index is -0.0892. The summed E-state index contributed by atoms with van der Waals surface area (Å²) in [4.78, 5) is 42.6. The molecule has 162 valence electrons. The number of nitrogens with one attached hydrogen (secondary N) is 2. The summed E-state index contributed by atoms with van der Waals surface area (Å²) in [5, 5.41) is 6.80. The molecule has 2 fully saturated rings. The van der Waals surface area contributed by atoms with E-state index in [1.54, 1.807) is 6.07 Å². The highest BCUT2D eigenvalue weighted by molar-refractivity contribution is 7.08. The Kier molecular flexibility index (Phi) is 5.40. The monoisotopic (exact) mass is 438 g/mol. The Morgan fingerprint density at radius 1 is 1.03 bits per heavy atom. The van der Waals surface area contributed by atoms with Crippen LogP contribution in [0.3, 0.4) is 0 Å². The molecule has 2 aromatic heterocycles. The Bertz CT molecular complexity index is 1150. The van der Waals surface area contributed by atoms with E-state index < -0.39 is 0 Å². The van der Waals surface area contributed by atoms with Crippen LogP contribution in [0.4, 0.5) is 0 Å². The van der Waals surface area contributed by atoms with Crippen molar-refractivity contribution in [3.05, 3.63) is 56.6 Å². The molecule has 2 amide bonds. The summed E-state index contributed by atoms with van der Waals surface area (Å²) < 4.78 is 1.86. The van der Waals surface area contributed by atoms with Gasteiger partial charge in [0.1, 0.15) is 0 Å². The van der Waals surface area contributed by atoms with Crippen LogP contribution in [-0.4, -0.2) is 45.4 Å². The van der Waals surface area contributed by atoms with Gasteiger partial charge in [0.25, 0.3) is 11.8 Å². The van der Waals surface area contributed by atoms with E-state index in [1.165, 1.54) is 11.3 Å². The first-order valence-corrected chi connectivity index (χ1v) is 11.9. The van der Waals surface area contributed by atoms with Crippen molar-refractivity contribution in [3.8, 4) is 0 Å². The number of thiophene rings is 1. The number of imidazole rings is 1. The largest absolute Gasteiger partial charge is 0.349 e. The predicted octanol–water partition coefficient (Wildman–Crippen LogP) is 3.54. The number of nitrogens with zero attached hydrogens (tertiary/aromatic N) is 2. The van der Waals surface area contributed by atoms with E-state index in [2.05, 4.69) is 10.3 Å². The number of aromatic amines is 1. The number of piperidine rings is 1. The molecule has 3 heterocycles. The Morgan fingerprint density at radius 3 is 2.52 bits per heavy atom. The highest BCUT2D eigenvalue weighted by atomic mass is 32.1. The van der Waals surface area contributed by atoms with E-state index >= 15 is 0 Å². The van der Waals surface area contributed by atoms with Crippen LogP contribution in [0.5, 0.6) is 0 Å². The first-order valence-electron chi connectivity index (χ1n) is 11.0. The van der Waals surface area contributed by atoms with Crippen LogP contribution in [0, 0.1) is 0 Å². The summed E-state index contributed by atoms with van der Waals surface area (Å²) in [5.41, 5.74) is 2.79. The molecule has 2 N–H and O–H groups in total. The number of fused-ring (bicyclic) bond motifs is 1. The number of rotatable bonds is 4. The third-order valence-electron chi connectivity index (χ3n) is 6.55. The topological polar surface area (TPSA) is 87.2 Å². The number of benzene rings is 1. The Hall–Kier alpha value is -2.87. The predicted molar refractivity (Wildman–Crippen MR) is 121 cm³/mol. The van der Waals surface area contributed by atoms with E-state index in [1.807, 2.05) is 38.4 Å². The first-order chi connectivity index (χ1) is 15.1. The van der Waals surface area contributed by atoms with Gasteiger partial charge in [-0.3, -0.25) is 14.2 Å². The van der Waals surface area contributed by atoms with Crippen LogP contribution in [0.25, 0.3) is 11.0 Å². The normalized spacial score (nSPS) is 18.0. The molecule has 1 saturated carbocycles. The van der Waals surface area contributed by atoms with Gasteiger partial charge in [-0.1, -0.05) is 12.8 Å². The van der Waals surface area contributed by atoms with Gasteiger partial charge in [-0.05, 0) is 55.3 Å². The lowest BCUT2D eigenvalue weighted by Crippen LogP contribution is -2.46. The smallest absolute Gasteiger partial charge is 0.326 e.